The molecular weight excluding hydrogens is 278 g/mol. The molecule has 0 saturated heterocycles. The summed E-state index contributed by atoms with van der Waals surface area (Å²) in [7, 11) is 0. The fourth-order valence-electron chi connectivity index (χ4n) is 2.36. The lowest BCUT2D eigenvalue weighted by Gasteiger charge is -2.18. The van der Waals surface area contributed by atoms with Crippen LogP contribution in [0.5, 0.6) is 0 Å². The molecule has 0 spiro atoms. The average Bonchev–Trinajstić information content (AvgIpc) is 3.07. The molecule has 106 valence electrons. The Hall–Kier alpha value is -1.59. The van der Waals surface area contributed by atoms with Crippen molar-refractivity contribution in [3.05, 3.63) is 35.2 Å². The smallest absolute Gasteiger partial charge is 0.317 e. The minimum Gasteiger partial charge on any atom is -0.480 e. The van der Waals surface area contributed by atoms with E-state index in [0.29, 0.717) is 17.5 Å². The zero-order valence-electron chi connectivity index (χ0n) is 11.0. The van der Waals surface area contributed by atoms with Gasteiger partial charge in [0.05, 0.1) is 17.3 Å². The second-order valence-electron chi connectivity index (χ2n) is 5.35. The van der Waals surface area contributed by atoms with Crippen LogP contribution in [0.25, 0.3) is 5.65 Å². The molecule has 1 aliphatic carbocycles. The normalized spacial score (nSPS) is 15.1. The summed E-state index contributed by atoms with van der Waals surface area (Å²) in [6, 6.07) is 3.65. The number of imidazole rings is 1. The number of pyridine rings is 1. The highest BCUT2D eigenvalue weighted by molar-refractivity contribution is 6.30. The van der Waals surface area contributed by atoms with Gasteiger partial charge in [0.25, 0.3) is 0 Å². The van der Waals surface area contributed by atoms with Crippen molar-refractivity contribution in [2.24, 2.45) is 5.92 Å². The van der Waals surface area contributed by atoms with E-state index in [9.17, 15) is 4.79 Å². The van der Waals surface area contributed by atoms with Gasteiger partial charge in [-0.3, -0.25) is 9.69 Å². The lowest BCUT2D eigenvalue weighted by atomic mass is 10.3. The maximum absolute atomic E-state index is 10.9. The Morgan fingerprint density at radius 3 is 2.95 bits per heavy atom. The molecule has 2 aromatic rings. The van der Waals surface area contributed by atoms with Gasteiger partial charge < -0.3 is 9.51 Å². The molecule has 3 rings (SSSR count). The Kier molecular flexibility index (Phi) is 3.63. The Morgan fingerprint density at radius 1 is 1.45 bits per heavy atom. The SMILES string of the molecule is O=C(O)CN(Cc1cn2cc(Cl)ccc2n1)CC1CC1. The van der Waals surface area contributed by atoms with Gasteiger partial charge in [0.1, 0.15) is 5.65 Å². The number of rotatable bonds is 6. The van der Waals surface area contributed by atoms with E-state index in [1.165, 1.54) is 12.8 Å². The van der Waals surface area contributed by atoms with E-state index in [-0.39, 0.29) is 6.54 Å². The number of hydrogen-bond acceptors (Lipinski definition) is 3. The number of fused-ring (bicyclic) bond motifs is 1. The molecule has 2 heterocycles. The monoisotopic (exact) mass is 293 g/mol. The predicted octanol–water partition coefficient (Wildman–Crippen LogP) is 2.28. The zero-order chi connectivity index (χ0) is 14.1. The molecule has 0 bridgehead atoms. The number of aromatic nitrogens is 2. The summed E-state index contributed by atoms with van der Waals surface area (Å²) in [5.41, 5.74) is 1.69. The number of hydrogen-bond donors (Lipinski definition) is 1. The van der Waals surface area contributed by atoms with Crippen molar-refractivity contribution in [1.82, 2.24) is 14.3 Å². The van der Waals surface area contributed by atoms with E-state index < -0.39 is 5.97 Å². The van der Waals surface area contributed by atoms with Crippen LogP contribution in [0.15, 0.2) is 24.5 Å². The summed E-state index contributed by atoms with van der Waals surface area (Å²) in [6.07, 6.45) is 6.12. The second-order valence-corrected chi connectivity index (χ2v) is 5.79. The molecule has 1 aliphatic rings. The first-order valence-corrected chi connectivity index (χ1v) is 7.05. The Morgan fingerprint density at radius 2 is 2.25 bits per heavy atom. The number of aliphatic carboxylic acids is 1. The van der Waals surface area contributed by atoms with E-state index >= 15 is 0 Å². The van der Waals surface area contributed by atoms with Crippen LogP contribution in [0.4, 0.5) is 0 Å². The van der Waals surface area contributed by atoms with Crippen LogP contribution in [0, 0.1) is 5.92 Å². The first-order chi connectivity index (χ1) is 9.60. The van der Waals surface area contributed by atoms with Crippen molar-refractivity contribution in [3.8, 4) is 0 Å². The van der Waals surface area contributed by atoms with Gasteiger partial charge in [0.15, 0.2) is 0 Å². The maximum Gasteiger partial charge on any atom is 0.317 e. The van der Waals surface area contributed by atoms with Gasteiger partial charge in [0, 0.05) is 25.5 Å². The van der Waals surface area contributed by atoms with Crippen LogP contribution < -0.4 is 0 Å². The van der Waals surface area contributed by atoms with E-state index in [4.69, 9.17) is 16.7 Å². The van der Waals surface area contributed by atoms with Crippen molar-refractivity contribution in [3.63, 3.8) is 0 Å². The van der Waals surface area contributed by atoms with Gasteiger partial charge in [-0.25, -0.2) is 4.98 Å². The highest BCUT2D eigenvalue weighted by Crippen LogP contribution is 2.30. The molecule has 1 saturated carbocycles. The summed E-state index contributed by atoms with van der Waals surface area (Å²) in [6.45, 7) is 1.45. The van der Waals surface area contributed by atoms with Crippen LogP contribution in [0.3, 0.4) is 0 Å². The topological polar surface area (TPSA) is 57.8 Å². The fourth-order valence-corrected chi connectivity index (χ4v) is 2.53. The summed E-state index contributed by atoms with van der Waals surface area (Å²) < 4.78 is 1.87. The Bertz CT molecular complexity index is 636. The van der Waals surface area contributed by atoms with E-state index in [2.05, 4.69) is 4.98 Å². The second kappa shape index (κ2) is 5.42. The molecule has 1 N–H and O–H groups in total. The number of carboxylic acids is 1. The van der Waals surface area contributed by atoms with Crippen molar-refractivity contribution < 1.29 is 9.90 Å². The summed E-state index contributed by atoms with van der Waals surface area (Å²) in [5, 5.41) is 9.64. The molecule has 0 radical (unpaired) electrons. The van der Waals surface area contributed by atoms with Crippen LogP contribution in [-0.4, -0.2) is 38.4 Å². The van der Waals surface area contributed by atoms with Crippen molar-refractivity contribution in [1.29, 1.82) is 0 Å². The molecule has 0 aliphatic heterocycles. The number of carboxylic acid groups (broad SMARTS) is 1. The molecule has 5 nitrogen and oxygen atoms in total. The van der Waals surface area contributed by atoms with E-state index in [1.807, 2.05) is 21.6 Å². The maximum atomic E-state index is 10.9. The third-order valence-corrected chi connectivity index (χ3v) is 3.65. The summed E-state index contributed by atoms with van der Waals surface area (Å²) in [4.78, 5) is 17.4. The predicted molar refractivity (Wildman–Crippen MR) is 75.8 cm³/mol. The van der Waals surface area contributed by atoms with Crippen molar-refractivity contribution >= 4 is 23.2 Å². The lowest BCUT2D eigenvalue weighted by molar-refractivity contribution is -0.138. The third-order valence-electron chi connectivity index (χ3n) is 3.42. The molecule has 0 aromatic carbocycles. The molecule has 0 unspecified atom stereocenters. The first kappa shape index (κ1) is 13.4. The minimum atomic E-state index is -0.794. The Balaban J connectivity index is 1.76. The van der Waals surface area contributed by atoms with Gasteiger partial charge in [-0.2, -0.15) is 0 Å². The molecule has 0 atom stereocenters. The standard InChI is InChI=1S/C14H16ClN3O2/c15-11-3-4-13-16-12(8-18(13)6-11)7-17(9-14(19)20)5-10-1-2-10/h3-4,6,8,10H,1-2,5,7,9H2,(H,19,20). The van der Waals surface area contributed by atoms with Gasteiger partial charge in [-0.05, 0) is 30.9 Å². The average molecular weight is 294 g/mol. The van der Waals surface area contributed by atoms with Crippen LogP contribution >= 0.6 is 11.6 Å². The van der Waals surface area contributed by atoms with Gasteiger partial charge in [-0.1, -0.05) is 11.6 Å². The van der Waals surface area contributed by atoms with Crippen LogP contribution in [-0.2, 0) is 11.3 Å². The van der Waals surface area contributed by atoms with Gasteiger partial charge >= 0.3 is 5.97 Å². The largest absolute Gasteiger partial charge is 0.480 e. The van der Waals surface area contributed by atoms with Crippen LogP contribution in [0.2, 0.25) is 5.02 Å². The lowest BCUT2D eigenvalue weighted by Crippen LogP contribution is -2.31. The van der Waals surface area contributed by atoms with Crippen LogP contribution in [0.1, 0.15) is 18.5 Å². The third kappa shape index (κ3) is 3.29. The fraction of sp³-hybridized carbons (Fsp3) is 0.429. The highest BCUT2D eigenvalue weighted by Gasteiger charge is 2.25. The van der Waals surface area contributed by atoms with E-state index in [0.717, 1.165) is 17.9 Å². The summed E-state index contributed by atoms with van der Waals surface area (Å²) in [5.74, 6) is -0.140. The quantitative estimate of drug-likeness (QED) is 0.888. The van der Waals surface area contributed by atoms with Crippen molar-refractivity contribution in [2.45, 2.75) is 19.4 Å². The number of carbonyl (C=O) groups is 1. The Labute approximate surface area is 121 Å². The first-order valence-electron chi connectivity index (χ1n) is 6.67. The summed E-state index contributed by atoms with van der Waals surface area (Å²) >= 11 is 5.94. The molecule has 2 aromatic heterocycles. The minimum absolute atomic E-state index is 0.0606. The van der Waals surface area contributed by atoms with Crippen molar-refractivity contribution in [2.75, 3.05) is 13.1 Å². The number of nitrogens with zero attached hydrogens (tertiary/aromatic N) is 3. The molecule has 0 amide bonds. The molecule has 6 heteroatoms. The molecule has 20 heavy (non-hydrogen) atoms. The van der Waals surface area contributed by atoms with E-state index in [1.54, 1.807) is 12.3 Å². The van der Waals surface area contributed by atoms with Gasteiger partial charge in [-0.15, -0.1) is 0 Å². The molecular formula is C14H16ClN3O2. The highest BCUT2D eigenvalue weighted by atomic mass is 35.5. The van der Waals surface area contributed by atoms with Gasteiger partial charge in [0.2, 0.25) is 0 Å². The zero-order valence-corrected chi connectivity index (χ0v) is 11.8. The molecule has 1 fully saturated rings. The number of halogens is 1.